The number of hydrogen-bond donors (Lipinski definition) is 0. The summed E-state index contributed by atoms with van der Waals surface area (Å²) in [6.45, 7) is 3.18. The average molecular weight is 333 g/mol. The van der Waals surface area contributed by atoms with Crippen LogP contribution in [-0.4, -0.2) is 28.7 Å². The summed E-state index contributed by atoms with van der Waals surface area (Å²) in [5.41, 5.74) is 1.68. The number of benzene rings is 1. The minimum absolute atomic E-state index is 0.173. The first-order chi connectivity index (χ1) is 11.0. The predicted octanol–water partition coefficient (Wildman–Crippen LogP) is 2.97. The van der Waals surface area contributed by atoms with E-state index in [0.29, 0.717) is 24.3 Å². The van der Waals surface area contributed by atoms with Gasteiger partial charge in [-0.15, -0.1) is 0 Å². The zero-order valence-electron chi connectivity index (χ0n) is 13.0. The van der Waals surface area contributed by atoms with E-state index in [2.05, 4.69) is 17.1 Å². The zero-order chi connectivity index (χ0) is 16.8. The first-order valence-electron chi connectivity index (χ1n) is 7.34. The third-order valence-corrected chi connectivity index (χ3v) is 3.47. The second-order valence-electron chi connectivity index (χ2n) is 5.02. The Morgan fingerprint density at radius 1 is 1.39 bits per heavy atom. The van der Waals surface area contributed by atoms with Gasteiger partial charge in [0, 0.05) is 30.8 Å². The molecule has 1 atom stereocenters. The summed E-state index contributed by atoms with van der Waals surface area (Å²) >= 11 is 5.88. The molecule has 0 radical (unpaired) electrons. The molecular formula is C17H17ClN2O3. The molecule has 0 aromatic heterocycles. The van der Waals surface area contributed by atoms with Crippen LogP contribution in [-0.2, 0) is 14.3 Å². The molecule has 1 heterocycles. The van der Waals surface area contributed by atoms with Crippen LogP contribution in [0.2, 0.25) is 5.02 Å². The van der Waals surface area contributed by atoms with Crippen LogP contribution in [0.4, 0.5) is 0 Å². The highest BCUT2D eigenvalue weighted by molar-refractivity contribution is 6.30. The maximum absolute atomic E-state index is 11.9. The van der Waals surface area contributed by atoms with Gasteiger partial charge in [0.1, 0.15) is 0 Å². The Labute approximate surface area is 140 Å². The minimum atomic E-state index is -0.545. The number of esters is 1. The highest BCUT2D eigenvalue weighted by atomic mass is 35.5. The van der Waals surface area contributed by atoms with Gasteiger partial charge in [0.15, 0.2) is 6.10 Å². The Bertz CT molecular complexity index is 686. The number of amides is 1. The molecule has 0 spiro atoms. The van der Waals surface area contributed by atoms with E-state index in [1.54, 1.807) is 12.1 Å². The summed E-state index contributed by atoms with van der Waals surface area (Å²) in [6, 6.07) is 9.95. The van der Waals surface area contributed by atoms with Gasteiger partial charge in [-0.2, -0.15) is 10.1 Å². The molecule has 2 rings (SSSR count). The molecule has 0 aliphatic carbocycles. The number of ether oxygens (including phenoxy) is 1. The summed E-state index contributed by atoms with van der Waals surface area (Å²) in [6.07, 6.45) is 0.888. The lowest BCUT2D eigenvalue weighted by Crippen LogP contribution is -2.28. The van der Waals surface area contributed by atoms with Crippen LogP contribution in [0.25, 0.3) is 0 Å². The normalized spacial score (nSPS) is 15.3. The predicted molar refractivity (Wildman–Crippen MR) is 87.7 cm³/mol. The Hall–Kier alpha value is -2.32. The summed E-state index contributed by atoms with van der Waals surface area (Å²) in [7, 11) is 0. The molecule has 1 aromatic carbocycles. The van der Waals surface area contributed by atoms with Crippen LogP contribution in [0.5, 0.6) is 0 Å². The van der Waals surface area contributed by atoms with Crippen LogP contribution >= 0.6 is 11.6 Å². The number of hydrogen-bond acceptors (Lipinski definition) is 4. The highest BCUT2D eigenvalue weighted by Crippen LogP contribution is 2.17. The van der Waals surface area contributed by atoms with Crippen molar-refractivity contribution in [3.63, 3.8) is 0 Å². The monoisotopic (exact) mass is 332 g/mol. The largest absolute Gasteiger partial charge is 0.449 e. The van der Waals surface area contributed by atoms with Crippen molar-refractivity contribution in [1.82, 2.24) is 5.01 Å². The van der Waals surface area contributed by atoms with Crippen LogP contribution < -0.4 is 0 Å². The van der Waals surface area contributed by atoms with E-state index in [0.717, 1.165) is 16.3 Å². The number of carbonyl (C=O) groups is 2. The molecule has 23 heavy (non-hydrogen) atoms. The van der Waals surface area contributed by atoms with Gasteiger partial charge in [-0.3, -0.25) is 9.59 Å². The van der Waals surface area contributed by atoms with Gasteiger partial charge in [0.2, 0.25) is 0 Å². The third-order valence-electron chi connectivity index (χ3n) is 3.22. The van der Waals surface area contributed by atoms with E-state index in [9.17, 15) is 9.59 Å². The van der Waals surface area contributed by atoms with Crippen molar-refractivity contribution in [2.24, 2.45) is 5.10 Å². The lowest BCUT2D eigenvalue weighted by atomic mass is 10.0. The first kappa shape index (κ1) is 17.0. The van der Waals surface area contributed by atoms with Crippen molar-refractivity contribution in [2.75, 3.05) is 0 Å². The molecule has 1 aromatic rings. The van der Waals surface area contributed by atoms with Gasteiger partial charge in [-0.25, -0.2) is 0 Å². The van der Waals surface area contributed by atoms with Gasteiger partial charge < -0.3 is 4.74 Å². The second kappa shape index (κ2) is 7.80. The van der Waals surface area contributed by atoms with E-state index >= 15 is 0 Å². The number of halogens is 1. The zero-order valence-corrected chi connectivity index (χ0v) is 13.8. The van der Waals surface area contributed by atoms with E-state index in [-0.39, 0.29) is 5.91 Å². The summed E-state index contributed by atoms with van der Waals surface area (Å²) < 4.78 is 5.04. The summed E-state index contributed by atoms with van der Waals surface area (Å²) in [5.74, 6) is 2.19. The molecule has 1 aliphatic rings. The smallest absolute Gasteiger partial charge is 0.303 e. The van der Waals surface area contributed by atoms with Crippen LogP contribution in [0.15, 0.2) is 29.4 Å². The number of nitrogens with zero attached hydrogens (tertiary/aromatic N) is 2. The quantitative estimate of drug-likeness (QED) is 0.631. The molecule has 6 heteroatoms. The number of carbonyl (C=O) groups excluding carboxylic acids is 2. The third kappa shape index (κ3) is 4.83. The Kier molecular flexibility index (Phi) is 5.78. The molecule has 1 aliphatic heterocycles. The molecular weight excluding hydrogens is 316 g/mol. The van der Waals surface area contributed by atoms with Gasteiger partial charge in [0.05, 0.1) is 5.71 Å². The van der Waals surface area contributed by atoms with Crippen molar-refractivity contribution in [3.8, 4) is 12.0 Å². The molecule has 0 saturated carbocycles. The highest BCUT2D eigenvalue weighted by Gasteiger charge is 2.20. The van der Waals surface area contributed by atoms with Gasteiger partial charge in [-0.05, 0) is 30.0 Å². The number of hydrazone groups is 1. The SMILES string of the molecule is CCC(C#CN1N=C(c2ccc(Cl)cc2)CCC1=O)OC(C)=O. The Balaban J connectivity index is 2.20. The lowest BCUT2D eigenvalue weighted by Gasteiger charge is -2.18. The maximum Gasteiger partial charge on any atom is 0.303 e. The van der Waals surface area contributed by atoms with Gasteiger partial charge >= 0.3 is 5.97 Å². The lowest BCUT2D eigenvalue weighted by molar-refractivity contribution is -0.143. The van der Waals surface area contributed by atoms with Crippen molar-refractivity contribution in [2.45, 2.75) is 39.2 Å². The fraction of sp³-hybridized carbons (Fsp3) is 0.353. The topological polar surface area (TPSA) is 59.0 Å². The molecule has 0 saturated heterocycles. The Morgan fingerprint density at radius 3 is 2.70 bits per heavy atom. The second-order valence-corrected chi connectivity index (χ2v) is 5.46. The maximum atomic E-state index is 11.9. The molecule has 0 N–H and O–H groups in total. The molecule has 1 unspecified atom stereocenters. The number of rotatable bonds is 3. The van der Waals surface area contributed by atoms with E-state index in [1.165, 1.54) is 6.92 Å². The average Bonchev–Trinajstić information content (AvgIpc) is 2.53. The molecule has 0 fully saturated rings. The van der Waals surface area contributed by atoms with Crippen molar-refractivity contribution < 1.29 is 14.3 Å². The van der Waals surface area contributed by atoms with Crippen molar-refractivity contribution >= 4 is 29.2 Å². The fourth-order valence-electron chi connectivity index (χ4n) is 2.04. The molecule has 5 nitrogen and oxygen atoms in total. The molecule has 1 amide bonds. The molecule has 0 bridgehead atoms. The van der Waals surface area contributed by atoms with Crippen LogP contribution in [0, 0.1) is 12.0 Å². The van der Waals surface area contributed by atoms with Gasteiger partial charge in [-0.1, -0.05) is 30.7 Å². The molecule has 120 valence electrons. The summed E-state index contributed by atoms with van der Waals surface area (Å²) in [5, 5.41) is 6.06. The van der Waals surface area contributed by atoms with Crippen LogP contribution in [0.3, 0.4) is 0 Å². The van der Waals surface area contributed by atoms with E-state index < -0.39 is 12.1 Å². The van der Waals surface area contributed by atoms with E-state index in [4.69, 9.17) is 16.3 Å². The van der Waals surface area contributed by atoms with Crippen LogP contribution in [0.1, 0.15) is 38.7 Å². The van der Waals surface area contributed by atoms with Gasteiger partial charge in [0.25, 0.3) is 5.91 Å². The minimum Gasteiger partial charge on any atom is -0.449 e. The van der Waals surface area contributed by atoms with Crippen molar-refractivity contribution in [1.29, 1.82) is 0 Å². The standard InChI is InChI=1S/C17H17ClN2O3/c1-3-15(23-12(2)21)10-11-20-17(22)9-8-16(19-20)13-4-6-14(18)7-5-13/h4-7,15H,3,8-9H2,1-2H3. The summed E-state index contributed by atoms with van der Waals surface area (Å²) in [4.78, 5) is 22.9. The Morgan fingerprint density at radius 2 is 2.09 bits per heavy atom. The van der Waals surface area contributed by atoms with Crippen molar-refractivity contribution in [3.05, 3.63) is 34.9 Å². The fourth-order valence-corrected chi connectivity index (χ4v) is 2.16. The van der Waals surface area contributed by atoms with E-state index in [1.807, 2.05) is 19.1 Å². The first-order valence-corrected chi connectivity index (χ1v) is 7.72.